The number of halogens is 1. The maximum absolute atomic E-state index is 5.66. The predicted molar refractivity (Wildman–Crippen MR) is 97.6 cm³/mol. The molecule has 0 bridgehead atoms. The van der Waals surface area contributed by atoms with E-state index < -0.39 is 7.26 Å². The van der Waals surface area contributed by atoms with E-state index in [1.807, 2.05) is 6.07 Å². The zero-order valence-corrected chi connectivity index (χ0v) is 15.8. The van der Waals surface area contributed by atoms with Crippen LogP contribution in [0.15, 0.2) is 84.9 Å². The van der Waals surface area contributed by atoms with Gasteiger partial charge >= 0.3 is 0 Å². The summed E-state index contributed by atoms with van der Waals surface area (Å²) < 4.78 is 5.66. The van der Waals surface area contributed by atoms with Gasteiger partial charge in [-0.1, -0.05) is 48.5 Å². The molecule has 0 unspecified atom stereocenters. The normalized spacial score (nSPS) is 10.7. The van der Waals surface area contributed by atoms with Crippen LogP contribution in [0.1, 0.15) is 0 Å². The van der Waals surface area contributed by atoms with E-state index in [1.54, 1.807) is 7.11 Å². The molecule has 3 aromatic rings. The minimum absolute atomic E-state index is 0. The average molecular weight is 387 g/mol. The van der Waals surface area contributed by atoms with Crippen LogP contribution in [0.4, 0.5) is 0 Å². The molecule has 0 heterocycles. The molecule has 3 heteroatoms. The third-order valence-corrected chi connectivity index (χ3v) is 8.11. The lowest BCUT2D eigenvalue weighted by atomic mass is 10.3. The number of methoxy groups -OCH3 is 1. The van der Waals surface area contributed by atoms with E-state index in [1.165, 1.54) is 15.9 Å². The first-order valence-electron chi connectivity index (χ1n) is 7.38. The molecule has 3 aromatic carbocycles. The number of ether oxygens (including phenoxy) is 1. The summed E-state index contributed by atoms with van der Waals surface area (Å²) in [6.45, 7) is 2.37. The average Bonchev–Trinajstić information content (AvgIpc) is 2.62. The topological polar surface area (TPSA) is 9.23 Å². The van der Waals surface area contributed by atoms with Crippen LogP contribution in [0.25, 0.3) is 0 Å². The van der Waals surface area contributed by atoms with Crippen molar-refractivity contribution in [2.75, 3.05) is 13.8 Å². The molecule has 3 rings (SSSR count). The summed E-state index contributed by atoms with van der Waals surface area (Å²) in [6.07, 6.45) is 0. The molecule has 0 aliphatic heterocycles. The lowest BCUT2D eigenvalue weighted by molar-refractivity contribution is -0.00000463. The van der Waals surface area contributed by atoms with Crippen LogP contribution in [0.2, 0.25) is 0 Å². The molecule has 0 saturated heterocycles. The lowest BCUT2D eigenvalue weighted by Crippen LogP contribution is -3.00. The third kappa shape index (κ3) is 3.34. The van der Waals surface area contributed by atoms with E-state index in [4.69, 9.17) is 4.74 Å². The Kier molecular flexibility index (Phi) is 5.98. The Balaban J connectivity index is 0.00000192. The van der Waals surface area contributed by atoms with Crippen LogP contribution >= 0.6 is 7.26 Å². The summed E-state index contributed by atoms with van der Waals surface area (Å²) in [5, 5.41) is 4.02. The molecule has 1 nitrogen and oxygen atoms in total. The van der Waals surface area contributed by atoms with Gasteiger partial charge in [-0.3, -0.25) is 0 Å². The van der Waals surface area contributed by atoms with Crippen LogP contribution in [0, 0.1) is 0 Å². The molecule has 0 amide bonds. The van der Waals surface area contributed by atoms with Gasteiger partial charge in [0, 0.05) is 0 Å². The molecular formula is C20H20BrOP. The standard InChI is InChI=1S/C20H20OP.BrH/c1-21-19-15-9-10-16-20(19)22(2,17-11-5-3-6-12-17)18-13-7-4-8-14-18;/h3-16H,1-2H3;1H/q+1;/p-1. The molecular weight excluding hydrogens is 367 g/mol. The number of benzene rings is 3. The van der Waals surface area contributed by atoms with Gasteiger partial charge in [-0.25, -0.2) is 0 Å². The number of para-hydroxylation sites is 1. The molecule has 0 atom stereocenters. The van der Waals surface area contributed by atoms with Crippen LogP contribution in [0.3, 0.4) is 0 Å². The molecule has 0 fully saturated rings. The van der Waals surface area contributed by atoms with Gasteiger partial charge < -0.3 is 21.7 Å². The van der Waals surface area contributed by atoms with Crippen molar-refractivity contribution in [3.63, 3.8) is 0 Å². The van der Waals surface area contributed by atoms with Crippen molar-refractivity contribution in [2.45, 2.75) is 0 Å². The fraction of sp³-hybridized carbons (Fsp3) is 0.100. The van der Waals surface area contributed by atoms with Crippen molar-refractivity contribution in [1.29, 1.82) is 0 Å². The van der Waals surface area contributed by atoms with Crippen molar-refractivity contribution >= 4 is 23.2 Å². The largest absolute Gasteiger partial charge is 1.00 e. The highest BCUT2D eigenvalue weighted by Gasteiger charge is 2.42. The molecule has 0 saturated carbocycles. The summed E-state index contributed by atoms with van der Waals surface area (Å²) in [4.78, 5) is 0. The number of hydrogen-bond acceptors (Lipinski definition) is 1. The lowest BCUT2D eigenvalue weighted by Gasteiger charge is -2.24. The Hall–Kier alpha value is -1.63. The van der Waals surface area contributed by atoms with E-state index in [-0.39, 0.29) is 17.0 Å². The van der Waals surface area contributed by atoms with Gasteiger partial charge in [0.05, 0.1) is 13.8 Å². The van der Waals surface area contributed by atoms with Gasteiger partial charge in [0.1, 0.15) is 23.2 Å². The van der Waals surface area contributed by atoms with Crippen molar-refractivity contribution in [2.24, 2.45) is 0 Å². The summed E-state index contributed by atoms with van der Waals surface area (Å²) >= 11 is 0. The molecule has 118 valence electrons. The van der Waals surface area contributed by atoms with Crippen LogP contribution < -0.4 is 37.6 Å². The SMILES string of the molecule is COc1ccccc1[P+](C)(c1ccccc1)c1ccccc1.[Br-]. The van der Waals surface area contributed by atoms with Gasteiger partial charge in [0.2, 0.25) is 0 Å². The second-order valence-corrected chi connectivity index (χ2v) is 8.88. The Morgan fingerprint density at radius 2 is 1.09 bits per heavy atom. The molecule has 0 radical (unpaired) electrons. The Morgan fingerprint density at radius 1 is 0.652 bits per heavy atom. The van der Waals surface area contributed by atoms with E-state index in [0.717, 1.165) is 5.75 Å². The van der Waals surface area contributed by atoms with Gasteiger partial charge in [0.15, 0.2) is 5.75 Å². The molecule has 0 aliphatic carbocycles. The highest BCUT2D eigenvalue weighted by molar-refractivity contribution is 7.95. The van der Waals surface area contributed by atoms with E-state index in [2.05, 4.69) is 85.5 Å². The maximum Gasteiger partial charge on any atom is 0.161 e. The first kappa shape index (κ1) is 17.7. The molecule has 0 spiro atoms. The van der Waals surface area contributed by atoms with Crippen molar-refractivity contribution in [1.82, 2.24) is 0 Å². The highest BCUT2D eigenvalue weighted by atomic mass is 79.9. The Morgan fingerprint density at radius 3 is 1.57 bits per heavy atom. The Labute approximate surface area is 149 Å². The predicted octanol–water partition coefficient (Wildman–Crippen LogP) is 0.623. The second-order valence-electron chi connectivity index (χ2n) is 5.35. The number of rotatable bonds is 4. The minimum atomic E-state index is -1.71. The minimum Gasteiger partial charge on any atom is -1.00 e. The van der Waals surface area contributed by atoms with E-state index >= 15 is 0 Å². The first-order valence-corrected chi connectivity index (χ1v) is 9.62. The molecule has 23 heavy (non-hydrogen) atoms. The van der Waals surface area contributed by atoms with Gasteiger partial charge in [-0.15, -0.1) is 0 Å². The Bertz CT molecular complexity index is 704. The zero-order valence-electron chi connectivity index (χ0n) is 13.3. The van der Waals surface area contributed by atoms with E-state index in [9.17, 15) is 0 Å². The summed E-state index contributed by atoms with van der Waals surface area (Å²) in [5.41, 5.74) is 0. The smallest absolute Gasteiger partial charge is 0.161 e. The van der Waals surface area contributed by atoms with E-state index in [0.29, 0.717) is 0 Å². The molecule has 0 aromatic heterocycles. The summed E-state index contributed by atoms with van der Waals surface area (Å²) in [6, 6.07) is 29.9. The van der Waals surface area contributed by atoms with Gasteiger partial charge in [-0.05, 0) is 36.4 Å². The van der Waals surface area contributed by atoms with Crippen molar-refractivity contribution in [3.05, 3.63) is 84.9 Å². The van der Waals surface area contributed by atoms with Gasteiger partial charge in [-0.2, -0.15) is 0 Å². The first-order chi connectivity index (χ1) is 10.8. The number of hydrogen-bond donors (Lipinski definition) is 0. The monoisotopic (exact) mass is 386 g/mol. The van der Waals surface area contributed by atoms with Crippen molar-refractivity contribution in [3.8, 4) is 5.75 Å². The maximum atomic E-state index is 5.66. The zero-order chi connectivity index (χ0) is 15.4. The van der Waals surface area contributed by atoms with Crippen LogP contribution in [-0.4, -0.2) is 13.8 Å². The second kappa shape index (κ2) is 7.77. The molecule has 0 N–H and O–H groups in total. The van der Waals surface area contributed by atoms with Gasteiger partial charge in [0.25, 0.3) is 0 Å². The van der Waals surface area contributed by atoms with Crippen LogP contribution in [-0.2, 0) is 0 Å². The highest BCUT2D eigenvalue weighted by Crippen LogP contribution is 2.53. The van der Waals surface area contributed by atoms with Crippen LogP contribution in [0.5, 0.6) is 5.75 Å². The van der Waals surface area contributed by atoms with Crippen molar-refractivity contribution < 1.29 is 21.7 Å². The molecule has 0 aliphatic rings. The summed E-state index contributed by atoms with van der Waals surface area (Å²) in [5.74, 6) is 0.964. The third-order valence-electron chi connectivity index (χ3n) is 4.11. The summed E-state index contributed by atoms with van der Waals surface area (Å²) in [7, 11) is 0.0436. The fourth-order valence-electron chi connectivity index (χ4n) is 2.88. The fourth-order valence-corrected chi connectivity index (χ4v) is 6.26. The quantitative estimate of drug-likeness (QED) is 0.597.